The summed E-state index contributed by atoms with van der Waals surface area (Å²) >= 11 is 6.14. The molecule has 2 aromatic carbocycles. The van der Waals surface area contributed by atoms with E-state index in [1.54, 1.807) is 19.4 Å². The summed E-state index contributed by atoms with van der Waals surface area (Å²) in [7, 11) is 3.58. The summed E-state index contributed by atoms with van der Waals surface area (Å²) in [6.45, 7) is 0. The number of methoxy groups -OCH3 is 1. The van der Waals surface area contributed by atoms with Gasteiger partial charge >= 0.3 is 0 Å². The fourth-order valence-electron chi connectivity index (χ4n) is 3.36. The summed E-state index contributed by atoms with van der Waals surface area (Å²) in [6.07, 6.45) is 5.50. The predicted molar refractivity (Wildman–Crippen MR) is 111 cm³/mol. The lowest BCUT2D eigenvalue weighted by Gasteiger charge is -2.07. The quantitative estimate of drug-likeness (QED) is 0.479. The molecule has 6 nitrogen and oxygen atoms in total. The maximum atomic E-state index is 6.14. The van der Waals surface area contributed by atoms with Crippen molar-refractivity contribution in [1.82, 2.24) is 24.5 Å². The van der Waals surface area contributed by atoms with Crippen molar-refractivity contribution >= 4 is 33.8 Å². The number of H-pyrrole nitrogens is 1. The number of fused-ring (bicyclic) bond motifs is 2. The van der Waals surface area contributed by atoms with E-state index in [-0.39, 0.29) is 0 Å². The Hall–Kier alpha value is -3.38. The van der Waals surface area contributed by atoms with Crippen molar-refractivity contribution in [2.45, 2.75) is 0 Å². The highest BCUT2D eigenvalue weighted by Crippen LogP contribution is 2.32. The van der Waals surface area contributed by atoms with E-state index < -0.39 is 0 Å². The molecule has 0 saturated heterocycles. The number of imidazole rings is 1. The molecule has 0 atom stereocenters. The molecule has 0 aliphatic heterocycles. The lowest BCUT2D eigenvalue weighted by Crippen LogP contribution is -1.90. The molecule has 138 valence electrons. The summed E-state index contributed by atoms with van der Waals surface area (Å²) in [6, 6.07) is 11.8. The minimum atomic E-state index is 0.562. The molecule has 0 radical (unpaired) electrons. The SMILES string of the molecule is COc1cc(-c2cnc3[nH]cc(-c4ccc5ncn(C)c5c4)c3n2)ccc1Cl. The fraction of sp³-hybridized carbons (Fsp3) is 0.0952. The second kappa shape index (κ2) is 6.35. The average Bonchev–Trinajstić information content (AvgIpc) is 3.31. The van der Waals surface area contributed by atoms with Crippen molar-refractivity contribution in [2.75, 3.05) is 7.11 Å². The van der Waals surface area contributed by atoms with Gasteiger partial charge in [0.05, 0.1) is 41.4 Å². The predicted octanol–water partition coefficient (Wildman–Crippen LogP) is 4.84. The summed E-state index contributed by atoms with van der Waals surface area (Å²) in [5, 5.41) is 0.562. The van der Waals surface area contributed by atoms with Gasteiger partial charge < -0.3 is 14.3 Å². The van der Waals surface area contributed by atoms with Gasteiger partial charge in [0.25, 0.3) is 0 Å². The Balaban J connectivity index is 1.66. The molecule has 5 aromatic rings. The van der Waals surface area contributed by atoms with Gasteiger partial charge in [-0.05, 0) is 29.8 Å². The number of rotatable bonds is 3. The molecule has 5 rings (SSSR count). The van der Waals surface area contributed by atoms with E-state index in [0.717, 1.165) is 44.6 Å². The largest absolute Gasteiger partial charge is 0.495 e. The van der Waals surface area contributed by atoms with Crippen molar-refractivity contribution in [3.05, 3.63) is 60.1 Å². The van der Waals surface area contributed by atoms with Crippen molar-refractivity contribution in [3.8, 4) is 28.1 Å². The van der Waals surface area contributed by atoms with Crippen molar-refractivity contribution in [1.29, 1.82) is 0 Å². The molecular formula is C21H16ClN5O. The van der Waals surface area contributed by atoms with Crippen LogP contribution in [0.1, 0.15) is 0 Å². The molecule has 3 aromatic heterocycles. The third-order valence-corrected chi connectivity index (χ3v) is 5.18. The van der Waals surface area contributed by atoms with Crippen LogP contribution in [0.25, 0.3) is 44.6 Å². The van der Waals surface area contributed by atoms with Gasteiger partial charge in [-0.25, -0.2) is 15.0 Å². The second-order valence-electron chi connectivity index (χ2n) is 6.56. The third-order valence-electron chi connectivity index (χ3n) is 4.86. The Kier molecular flexibility index (Phi) is 3.80. The number of ether oxygens (including phenoxy) is 1. The minimum Gasteiger partial charge on any atom is -0.495 e. The molecule has 0 aliphatic rings. The Morgan fingerprint density at radius 3 is 2.79 bits per heavy atom. The molecule has 3 heterocycles. The number of hydrogen-bond donors (Lipinski definition) is 1. The van der Waals surface area contributed by atoms with E-state index in [1.165, 1.54) is 0 Å². The number of nitrogens with zero attached hydrogens (tertiary/aromatic N) is 4. The zero-order chi connectivity index (χ0) is 19.3. The third kappa shape index (κ3) is 2.61. The van der Waals surface area contributed by atoms with Crippen molar-refractivity contribution in [3.63, 3.8) is 0 Å². The number of nitrogens with one attached hydrogen (secondary N) is 1. The molecule has 0 amide bonds. The molecular weight excluding hydrogens is 374 g/mol. The van der Waals surface area contributed by atoms with Crippen LogP contribution in [0.3, 0.4) is 0 Å². The number of halogens is 1. The van der Waals surface area contributed by atoms with Crippen molar-refractivity contribution in [2.24, 2.45) is 7.05 Å². The molecule has 0 bridgehead atoms. The highest BCUT2D eigenvalue weighted by atomic mass is 35.5. The van der Waals surface area contributed by atoms with Crippen LogP contribution >= 0.6 is 11.6 Å². The summed E-state index contributed by atoms with van der Waals surface area (Å²) in [4.78, 5) is 17.0. The Bertz CT molecular complexity index is 1340. The topological polar surface area (TPSA) is 68.6 Å². The summed E-state index contributed by atoms with van der Waals surface area (Å²) < 4.78 is 7.33. The zero-order valence-corrected chi connectivity index (χ0v) is 16.0. The van der Waals surface area contributed by atoms with Gasteiger partial charge in [0.15, 0.2) is 5.65 Å². The maximum absolute atomic E-state index is 6.14. The van der Waals surface area contributed by atoms with Crippen LogP contribution < -0.4 is 4.74 Å². The van der Waals surface area contributed by atoms with Crippen LogP contribution in [-0.2, 0) is 7.05 Å². The first-order chi connectivity index (χ1) is 13.6. The minimum absolute atomic E-state index is 0.562. The lowest BCUT2D eigenvalue weighted by molar-refractivity contribution is 0.415. The highest BCUT2D eigenvalue weighted by molar-refractivity contribution is 6.32. The smallest absolute Gasteiger partial charge is 0.156 e. The van der Waals surface area contributed by atoms with Gasteiger partial charge in [-0.3, -0.25) is 0 Å². The van der Waals surface area contributed by atoms with Gasteiger partial charge in [0, 0.05) is 24.4 Å². The van der Waals surface area contributed by atoms with E-state index in [1.807, 2.05) is 42.3 Å². The average molecular weight is 390 g/mol. The Labute approximate surface area is 165 Å². The summed E-state index contributed by atoms with van der Waals surface area (Å²) in [5.74, 6) is 0.608. The number of aromatic nitrogens is 5. The number of aryl methyl sites for hydroxylation is 1. The molecule has 0 unspecified atom stereocenters. The molecule has 0 aliphatic carbocycles. The zero-order valence-electron chi connectivity index (χ0n) is 15.3. The van der Waals surface area contributed by atoms with E-state index in [9.17, 15) is 0 Å². The number of benzene rings is 2. The molecule has 7 heteroatoms. The fourth-order valence-corrected chi connectivity index (χ4v) is 3.56. The molecule has 0 saturated carbocycles. The van der Waals surface area contributed by atoms with Crippen LogP contribution in [-0.4, -0.2) is 31.6 Å². The van der Waals surface area contributed by atoms with E-state index in [2.05, 4.69) is 27.1 Å². The van der Waals surface area contributed by atoms with Crippen LogP contribution in [0, 0.1) is 0 Å². The van der Waals surface area contributed by atoms with Gasteiger partial charge in [-0.2, -0.15) is 0 Å². The molecule has 1 N–H and O–H groups in total. The first-order valence-electron chi connectivity index (χ1n) is 8.73. The van der Waals surface area contributed by atoms with Gasteiger partial charge in [-0.15, -0.1) is 0 Å². The first-order valence-corrected chi connectivity index (χ1v) is 9.11. The second-order valence-corrected chi connectivity index (χ2v) is 6.97. The Morgan fingerprint density at radius 2 is 1.93 bits per heavy atom. The van der Waals surface area contributed by atoms with Crippen molar-refractivity contribution < 1.29 is 4.74 Å². The monoisotopic (exact) mass is 389 g/mol. The van der Waals surface area contributed by atoms with E-state index in [0.29, 0.717) is 10.8 Å². The van der Waals surface area contributed by atoms with Crippen LogP contribution in [0.5, 0.6) is 5.75 Å². The lowest BCUT2D eigenvalue weighted by atomic mass is 10.1. The van der Waals surface area contributed by atoms with E-state index in [4.69, 9.17) is 21.3 Å². The van der Waals surface area contributed by atoms with Gasteiger partial charge in [0.1, 0.15) is 11.3 Å². The van der Waals surface area contributed by atoms with Crippen LogP contribution in [0.15, 0.2) is 55.1 Å². The molecule has 0 spiro atoms. The highest BCUT2D eigenvalue weighted by Gasteiger charge is 2.13. The standard InChI is InChI=1S/C21H16ClN5O/c1-27-11-25-16-6-4-12(7-18(16)27)14-9-23-21-20(14)26-17(10-24-21)13-3-5-15(22)19(8-13)28-2/h3-11H,1-2H3,(H,23,24). The Morgan fingerprint density at radius 1 is 1.07 bits per heavy atom. The van der Waals surface area contributed by atoms with E-state index >= 15 is 0 Å². The summed E-state index contributed by atoms with van der Waals surface area (Å²) in [5.41, 5.74) is 7.29. The van der Waals surface area contributed by atoms with Crippen LogP contribution in [0.2, 0.25) is 5.02 Å². The van der Waals surface area contributed by atoms with Crippen LogP contribution in [0.4, 0.5) is 0 Å². The maximum Gasteiger partial charge on any atom is 0.156 e. The molecule has 28 heavy (non-hydrogen) atoms. The molecule has 0 fully saturated rings. The normalized spacial score (nSPS) is 11.4. The number of aromatic amines is 1. The van der Waals surface area contributed by atoms with Gasteiger partial charge in [-0.1, -0.05) is 23.7 Å². The number of hydrogen-bond acceptors (Lipinski definition) is 4. The first kappa shape index (κ1) is 16.8. The van der Waals surface area contributed by atoms with Gasteiger partial charge in [0.2, 0.25) is 0 Å².